The van der Waals surface area contributed by atoms with E-state index in [1.807, 2.05) is 0 Å². The Balaban J connectivity index is 1.68. The van der Waals surface area contributed by atoms with Crippen LogP contribution in [0, 0.1) is 0 Å². The molecule has 0 atom stereocenters. The highest BCUT2D eigenvalue weighted by Gasteiger charge is 2.43. The molecule has 3 nitrogen and oxygen atoms in total. The Labute approximate surface area is 117 Å². The molecular formula is C15H19F2NO2. The molecule has 0 N–H and O–H groups in total. The third-order valence-electron chi connectivity index (χ3n) is 3.93. The number of hydrogen-bond acceptors (Lipinski definition) is 3. The molecule has 2 fully saturated rings. The Morgan fingerprint density at radius 1 is 1.15 bits per heavy atom. The maximum atomic E-state index is 14.3. The van der Waals surface area contributed by atoms with Crippen LogP contribution in [0.25, 0.3) is 0 Å². The third kappa shape index (κ3) is 2.85. The van der Waals surface area contributed by atoms with Gasteiger partial charge in [-0.2, -0.15) is 8.78 Å². The molecule has 2 heterocycles. The molecule has 1 aromatic rings. The van der Waals surface area contributed by atoms with Crippen molar-refractivity contribution in [3.05, 3.63) is 35.9 Å². The lowest BCUT2D eigenvalue weighted by Crippen LogP contribution is -2.51. The smallest absolute Gasteiger partial charge is 0.285 e. The van der Waals surface area contributed by atoms with Crippen LogP contribution < -0.4 is 0 Å². The molecule has 2 aliphatic rings. The van der Waals surface area contributed by atoms with E-state index >= 15 is 0 Å². The van der Waals surface area contributed by atoms with Crippen molar-refractivity contribution in [1.29, 1.82) is 0 Å². The summed E-state index contributed by atoms with van der Waals surface area (Å²) in [6.45, 7) is 1.92. The van der Waals surface area contributed by atoms with Crippen LogP contribution in [0.4, 0.5) is 8.78 Å². The highest BCUT2D eigenvalue weighted by Crippen LogP contribution is 2.34. The number of piperidine rings is 1. The van der Waals surface area contributed by atoms with Gasteiger partial charge in [-0.15, -0.1) is 0 Å². The van der Waals surface area contributed by atoms with Crippen molar-refractivity contribution in [1.82, 2.24) is 4.90 Å². The second kappa shape index (κ2) is 5.39. The van der Waals surface area contributed by atoms with Gasteiger partial charge in [-0.25, -0.2) is 0 Å². The van der Waals surface area contributed by atoms with Gasteiger partial charge in [0.25, 0.3) is 5.92 Å². The maximum absolute atomic E-state index is 14.3. The molecule has 110 valence electrons. The summed E-state index contributed by atoms with van der Waals surface area (Å²) >= 11 is 0. The van der Waals surface area contributed by atoms with Gasteiger partial charge in [-0.05, 0) is 13.0 Å². The zero-order chi connectivity index (χ0) is 14.1. The standard InChI is InChI=1S/C15H19F2NO2/c16-15(17,13-5-2-1-3-6-13)12-18-8-4-7-14(11-18)19-9-10-20-14/h1-3,5-6H,4,7-12H2. The summed E-state index contributed by atoms with van der Waals surface area (Å²) in [6.07, 6.45) is 1.62. The van der Waals surface area contributed by atoms with Crippen LogP contribution in [0.15, 0.2) is 30.3 Å². The summed E-state index contributed by atoms with van der Waals surface area (Å²) in [4.78, 5) is 1.75. The van der Waals surface area contributed by atoms with Crippen molar-refractivity contribution in [3.63, 3.8) is 0 Å². The molecule has 0 radical (unpaired) electrons. The van der Waals surface area contributed by atoms with Gasteiger partial charge in [0.05, 0.1) is 26.3 Å². The lowest BCUT2D eigenvalue weighted by molar-refractivity contribution is -0.196. The van der Waals surface area contributed by atoms with E-state index in [0.717, 1.165) is 12.8 Å². The quantitative estimate of drug-likeness (QED) is 0.851. The summed E-state index contributed by atoms with van der Waals surface area (Å²) in [7, 11) is 0. The average Bonchev–Trinajstić information content (AvgIpc) is 2.87. The van der Waals surface area contributed by atoms with E-state index in [9.17, 15) is 8.78 Å². The second-order valence-corrected chi connectivity index (χ2v) is 5.49. The number of rotatable bonds is 3. The van der Waals surface area contributed by atoms with Crippen molar-refractivity contribution in [2.45, 2.75) is 24.6 Å². The molecule has 0 unspecified atom stereocenters. The first-order valence-corrected chi connectivity index (χ1v) is 7.03. The number of ether oxygens (including phenoxy) is 2. The largest absolute Gasteiger partial charge is 0.346 e. The summed E-state index contributed by atoms with van der Waals surface area (Å²) < 4.78 is 39.8. The number of halogens is 2. The molecule has 0 saturated carbocycles. The molecular weight excluding hydrogens is 264 g/mol. The fraction of sp³-hybridized carbons (Fsp3) is 0.600. The molecule has 1 spiro atoms. The molecule has 3 rings (SSSR count). The Bertz CT molecular complexity index is 446. The monoisotopic (exact) mass is 283 g/mol. The van der Waals surface area contributed by atoms with Crippen LogP contribution in [0.1, 0.15) is 18.4 Å². The third-order valence-corrected chi connectivity index (χ3v) is 3.93. The van der Waals surface area contributed by atoms with E-state index in [0.29, 0.717) is 26.3 Å². The first-order valence-electron chi connectivity index (χ1n) is 7.03. The zero-order valence-corrected chi connectivity index (χ0v) is 11.4. The number of alkyl halides is 2. The average molecular weight is 283 g/mol. The number of likely N-dealkylation sites (tertiary alicyclic amines) is 1. The lowest BCUT2D eigenvalue weighted by atomic mass is 10.0. The molecule has 20 heavy (non-hydrogen) atoms. The van der Waals surface area contributed by atoms with Crippen LogP contribution in [0.3, 0.4) is 0 Å². The SMILES string of the molecule is FC(F)(CN1CCCC2(C1)OCCO2)c1ccccc1. The van der Waals surface area contributed by atoms with Gasteiger partial charge in [0.15, 0.2) is 5.79 Å². The minimum Gasteiger partial charge on any atom is -0.346 e. The normalized spacial score (nSPS) is 23.3. The molecule has 0 aliphatic carbocycles. The number of nitrogens with zero attached hydrogens (tertiary/aromatic N) is 1. The molecule has 0 aromatic heterocycles. The lowest BCUT2D eigenvalue weighted by Gasteiger charge is -2.39. The molecule has 1 aromatic carbocycles. The maximum Gasteiger partial charge on any atom is 0.285 e. The Morgan fingerprint density at radius 2 is 1.85 bits per heavy atom. The van der Waals surface area contributed by atoms with Gasteiger partial charge in [-0.3, -0.25) is 4.90 Å². The van der Waals surface area contributed by atoms with Gasteiger partial charge in [-0.1, -0.05) is 30.3 Å². The molecule has 2 aliphatic heterocycles. The minimum absolute atomic E-state index is 0.0629. The van der Waals surface area contributed by atoms with Gasteiger partial charge in [0, 0.05) is 12.0 Å². The summed E-state index contributed by atoms with van der Waals surface area (Å²) in [5.74, 6) is -3.50. The van der Waals surface area contributed by atoms with Crippen molar-refractivity contribution in [2.24, 2.45) is 0 Å². The van der Waals surface area contributed by atoms with Gasteiger partial charge < -0.3 is 9.47 Å². The molecule has 5 heteroatoms. The Morgan fingerprint density at radius 3 is 2.55 bits per heavy atom. The predicted octanol–water partition coefficient (Wildman–Crippen LogP) is 2.62. The van der Waals surface area contributed by atoms with Crippen molar-refractivity contribution in [2.75, 3.05) is 32.8 Å². The highest BCUT2D eigenvalue weighted by molar-refractivity contribution is 5.20. The van der Waals surface area contributed by atoms with E-state index < -0.39 is 11.7 Å². The first-order chi connectivity index (χ1) is 9.60. The van der Waals surface area contributed by atoms with Crippen molar-refractivity contribution in [3.8, 4) is 0 Å². The van der Waals surface area contributed by atoms with E-state index in [1.54, 1.807) is 23.1 Å². The number of benzene rings is 1. The van der Waals surface area contributed by atoms with Crippen LogP contribution in [0.5, 0.6) is 0 Å². The fourth-order valence-corrected chi connectivity index (χ4v) is 2.99. The van der Waals surface area contributed by atoms with Gasteiger partial charge in [0.1, 0.15) is 0 Å². The van der Waals surface area contributed by atoms with E-state index in [-0.39, 0.29) is 12.1 Å². The first kappa shape index (κ1) is 13.9. The molecule has 0 bridgehead atoms. The van der Waals surface area contributed by atoms with Crippen LogP contribution in [-0.2, 0) is 15.4 Å². The minimum atomic E-state index is -2.85. The van der Waals surface area contributed by atoms with Gasteiger partial charge >= 0.3 is 0 Å². The predicted molar refractivity (Wildman–Crippen MR) is 70.6 cm³/mol. The topological polar surface area (TPSA) is 21.7 Å². The van der Waals surface area contributed by atoms with E-state index in [1.165, 1.54) is 12.1 Å². The summed E-state index contributed by atoms with van der Waals surface area (Å²) in [5, 5.41) is 0. The molecule has 0 amide bonds. The van der Waals surface area contributed by atoms with Crippen LogP contribution in [-0.4, -0.2) is 43.5 Å². The summed E-state index contributed by atoms with van der Waals surface area (Å²) in [6, 6.07) is 7.98. The van der Waals surface area contributed by atoms with Gasteiger partial charge in [0.2, 0.25) is 0 Å². The Hall–Kier alpha value is -1.04. The van der Waals surface area contributed by atoms with Crippen molar-refractivity contribution < 1.29 is 18.3 Å². The van der Waals surface area contributed by atoms with Crippen LogP contribution in [0.2, 0.25) is 0 Å². The molecule has 2 saturated heterocycles. The van der Waals surface area contributed by atoms with E-state index in [2.05, 4.69) is 0 Å². The summed E-state index contributed by atoms with van der Waals surface area (Å²) in [5.41, 5.74) is 0.0629. The van der Waals surface area contributed by atoms with Crippen LogP contribution >= 0.6 is 0 Å². The second-order valence-electron chi connectivity index (χ2n) is 5.49. The van der Waals surface area contributed by atoms with E-state index in [4.69, 9.17) is 9.47 Å². The van der Waals surface area contributed by atoms with Crippen molar-refractivity contribution >= 4 is 0 Å². The zero-order valence-electron chi connectivity index (χ0n) is 11.4. The highest BCUT2D eigenvalue weighted by atomic mass is 19.3. The fourth-order valence-electron chi connectivity index (χ4n) is 2.99. The Kier molecular flexibility index (Phi) is 3.75. The number of hydrogen-bond donors (Lipinski definition) is 0.